The number of hydrogen-bond donors (Lipinski definition) is 4. The SMILES string of the molecule is CC.CCC(=O)CCCCCCc1ncc(-c2cc3ccc(C)nc3cc2OC)[nH]1.CCN1CCC(O)(CC(=N)C(N)=O)CC1. The third-order valence-corrected chi connectivity index (χ3v) is 8.12. The second-order valence-corrected chi connectivity index (χ2v) is 11.4. The number of fused-ring (bicyclic) bond motifs is 1. The predicted octanol–water partition coefficient (Wildman–Crippen LogP) is 6.17. The van der Waals surface area contributed by atoms with E-state index < -0.39 is 11.5 Å². The van der Waals surface area contributed by atoms with Crippen molar-refractivity contribution in [2.45, 2.75) is 104 Å². The topological polar surface area (TPSA) is 158 Å². The van der Waals surface area contributed by atoms with Crippen molar-refractivity contribution in [3.63, 3.8) is 0 Å². The summed E-state index contributed by atoms with van der Waals surface area (Å²) in [5, 5.41) is 18.6. The number of ether oxygens (including phenoxy) is 1. The summed E-state index contributed by atoms with van der Waals surface area (Å²) < 4.78 is 5.60. The molecule has 1 saturated heterocycles. The van der Waals surface area contributed by atoms with Gasteiger partial charge in [-0.25, -0.2) is 4.98 Å². The number of Topliss-reactive ketones (excluding diaryl/α,β-unsaturated/α-hetero) is 1. The van der Waals surface area contributed by atoms with Crippen LogP contribution in [0.1, 0.15) is 97.0 Å². The number of likely N-dealkylation sites (tertiary alicyclic amines) is 1. The van der Waals surface area contributed by atoms with Crippen molar-refractivity contribution in [1.29, 1.82) is 5.41 Å². The fourth-order valence-electron chi connectivity index (χ4n) is 5.28. The minimum absolute atomic E-state index is 0.0832. The molecule has 1 aliphatic heterocycles. The van der Waals surface area contributed by atoms with Crippen molar-refractivity contribution in [3.05, 3.63) is 42.0 Å². The van der Waals surface area contributed by atoms with E-state index in [4.69, 9.17) is 15.9 Å². The number of carbonyl (C=O) groups is 2. The number of ketones is 1. The number of nitrogens with zero attached hydrogens (tertiary/aromatic N) is 3. The Morgan fingerprint density at radius 3 is 2.42 bits per heavy atom. The highest BCUT2D eigenvalue weighted by Gasteiger charge is 2.33. The molecular formula is C35H54N6O4. The lowest BCUT2D eigenvalue weighted by Crippen LogP contribution is -2.46. The fraction of sp³-hybridized carbons (Fsp3) is 0.571. The Bertz CT molecular complexity index is 1380. The number of aliphatic hydroxyl groups is 1. The first kappa shape index (κ1) is 37.6. The van der Waals surface area contributed by atoms with Crippen LogP contribution in [0.3, 0.4) is 0 Å². The molecule has 0 saturated carbocycles. The third kappa shape index (κ3) is 12.0. The van der Waals surface area contributed by atoms with Crippen LogP contribution in [0, 0.1) is 12.3 Å². The third-order valence-electron chi connectivity index (χ3n) is 8.12. The maximum Gasteiger partial charge on any atom is 0.262 e. The number of aryl methyl sites for hydroxylation is 2. The number of nitrogens with one attached hydrogen (secondary N) is 2. The normalized spacial score (nSPS) is 14.1. The van der Waals surface area contributed by atoms with Gasteiger partial charge in [0.2, 0.25) is 0 Å². The number of imidazole rings is 1. The van der Waals surface area contributed by atoms with Gasteiger partial charge in [-0.05, 0) is 51.3 Å². The van der Waals surface area contributed by atoms with Crippen LogP contribution < -0.4 is 10.5 Å². The largest absolute Gasteiger partial charge is 0.496 e. The number of methoxy groups -OCH3 is 1. The van der Waals surface area contributed by atoms with Gasteiger partial charge in [0.1, 0.15) is 17.4 Å². The number of H-pyrrole nitrogens is 1. The van der Waals surface area contributed by atoms with Crippen LogP contribution in [0.15, 0.2) is 30.5 Å². The van der Waals surface area contributed by atoms with E-state index in [1.54, 1.807) is 7.11 Å². The van der Waals surface area contributed by atoms with Gasteiger partial charge in [0.05, 0.1) is 35.8 Å². The highest BCUT2D eigenvalue weighted by Crippen LogP contribution is 2.33. The number of pyridine rings is 1. The Morgan fingerprint density at radius 2 is 1.80 bits per heavy atom. The molecule has 1 amide bonds. The Balaban J connectivity index is 0.000000351. The number of aromatic amines is 1. The molecule has 10 heteroatoms. The van der Waals surface area contributed by atoms with Crippen LogP contribution in [0.4, 0.5) is 0 Å². The van der Waals surface area contributed by atoms with Crippen molar-refractivity contribution in [2.24, 2.45) is 5.73 Å². The molecule has 1 aliphatic rings. The molecule has 10 nitrogen and oxygen atoms in total. The number of primary amides is 1. The number of hydrogen-bond acceptors (Lipinski definition) is 8. The summed E-state index contributed by atoms with van der Waals surface area (Å²) in [6.07, 6.45) is 9.76. The summed E-state index contributed by atoms with van der Waals surface area (Å²) in [4.78, 5) is 36.8. The molecule has 45 heavy (non-hydrogen) atoms. The van der Waals surface area contributed by atoms with E-state index in [1.165, 1.54) is 0 Å². The minimum Gasteiger partial charge on any atom is -0.496 e. The number of carbonyl (C=O) groups excluding carboxylic acids is 2. The lowest BCUT2D eigenvalue weighted by atomic mass is 9.86. The van der Waals surface area contributed by atoms with Crippen molar-refractivity contribution >= 4 is 28.3 Å². The van der Waals surface area contributed by atoms with Crippen molar-refractivity contribution in [2.75, 3.05) is 26.7 Å². The zero-order chi connectivity index (χ0) is 33.4. The van der Waals surface area contributed by atoms with Gasteiger partial charge in [-0.15, -0.1) is 0 Å². The summed E-state index contributed by atoms with van der Waals surface area (Å²) in [6.45, 7) is 12.6. The van der Waals surface area contributed by atoms with Crippen LogP contribution in [-0.2, 0) is 16.0 Å². The van der Waals surface area contributed by atoms with Crippen LogP contribution in [0.2, 0.25) is 0 Å². The number of piperidine rings is 1. The number of amides is 1. The van der Waals surface area contributed by atoms with Crippen LogP contribution in [0.25, 0.3) is 22.2 Å². The smallest absolute Gasteiger partial charge is 0.262 e. The van der Waals surface area contributed by atoms with Crippen molar-refractivity contribution < 1.29 is 19.4 Å². The van der Waals surface area contributed by atoms with E-state index >= 15 is 0 Å². The van der Waals surface area contributed by atoms with E-state index in [9.17, 15) is 14.7 Å². The molecule has 1 fully saturated rings. The number of unbranched alkanes of at least 4 members (excludes halogenated alkanes) is 3. The zero-order valence-electron chi connectivity index (χ0n) is 28.2. The minimum atomic E-state index is -0.905. The van der Waals surface area contributed by atoms with Crippen LogP contribution in [-0.4, -0.2) is 74.7 Å². The quantitative estimate of drug-likeness (QED) is 0.124. The number of rotatable bonds is 14. The Kier molecular flexibility index (Phi) is 15.9. The maximum absolute atomic E-state index is 11.3. The lowest BCUT2D eigenvalue weighted by Gasteiger charge is -2.37. The molecule has 2 aromatic heterocycles. The monoisotopic (exact) mass is 622 g/mol. The average molecular weight is 623 g/mol. The first-order valence-electron chi connectivity index (χ1n) is 16.4. The Hall–Kier alpha value is -3.63. The summed E-state index contributed by atoms with van der Waals surface area (Å²) in [7, 11) is 1.68. The standard InChI is InChI=1S/C23H29N3O2.C10H19N3O2.C2H6/c1-4-18(27)9-7-5-6-8-10-23-24-15-21(26-23)19-13-17-12-11-16(2)25-20(17)14-22(19)28-3;1-2-13-5-3-10(15,4-6-13)7-8(11)9(12)14;1-2/h11-15H,4-10H2,1-3H3,(H,24,26);11,15H,2-7H2,1H3,(H2,12,14);1-2H3. The average Bonchev–Trinajstić information content (AvgIpc) is 3.52. The van der Waals surface area contributed by atoms with Gasteiger partial charge in [-0.2, -0.15) is 0 Å². The van der Waals surface area contributed by atoms with Gasteiger partial charge in [0.15, 0.2) is 0 Å². The highest BCUT2D eigenvalue weighted by molar-refractivity contribution is 6.37. The molecule has 3 aromatic rings. The van der Waals surface area contributed by atoms with Gasteiger partial charge >= 0.3 is 0 Å². The maximum atomic E-state index is 11.3. The molecule has 5 N–H and O–H groups in total. The molecule has 0 radical (unpaired) electrons. The molecule has 0 unspecified atom stereocenters. The molecule has 248 valence electrons. The second kappa shape index (κ2) is 19.0. The lowest BCUT2D eigenvalue weighted by molar-refractivity contribution is -0.118. The Labute approximate surface area is 268 Å². The summed E-state index contributed by atoms with van der Waals surface area (Å²) in [6, 6.07) is 8.19. The Morgan fingerprint density at radius 1 is 1.11 bits per heavy atom. The first-order valence-corrected chi connectivity index (χ1v) is 16.4. The van der Waals surface area contributed by atoms with Gasteiger partial charge in [0.25, 0.3) is 5.91 Å². The van der Waals surface area contributed by atoms with Crippen molar-refractivity contribution in [3.8, 4) is 17.0 Å². The number of benzene rings is 1. The highest BCUT2D eigenvalue weighted by atomic mass is 16.5. The molecule has 3 heterocycles. The number of nitrogens with two attached hydrogens (primary N) is 1. The van der Waals surface area contributed by atoms with Gasteiger partial charge in [0, 0.05) is 61.5 Å². The molecule has 0 spiro atoms. The van der Waals surface area contributed by atoms with Crippen LogP contribution >= 0.6 is 0 Å². The van der Waals surface area contributed by atoms with E-state index in [-0.39, 0.29) is 12.1 Å². The van der Waals surface area contributed by atoms with E-state index in [1.807, 2.05) is 46.0 Å². The molecule has 0 atom stereocenters. The second-order valence-electron chi connectivity index (χ2n) is 11.4. The molecular weight excluding hydrogens is 568 g/mol. The van der Waals surface area contributed by atoms with Crippen molar-refractivity contribution in [1.82, 2.24) is 19.9 Å². The molecule has 1 aromatic carbocycles. The van der Waals surface area contributed by atoms with Crippen LogP contribution in [0.5, 0.6) is 5.75 Å². The van der Waals surface area contributed by atoms with E-state index in [2.05, 4.69) is 38.9 Å². The van der Waals surface area contributed by atoms with Gasteiger partial charge < -0.3 is 25.5 Å². The van der Waals surface area contributed by atoms with Gasteiger partial charge in [-0.3, -0.25) is 20.0 Å². The molecule has 0 aliphatic carbocycles. The van der Waals surface area contributed by atoms with E-state index in [0.717, 1.165) is 97.6 Å². The molecule has 0 bridgehead atoms. The zero-order valence-corrected chi connectivity index (χ0v) is 28.2. The number of aromatic nitrogens is 3. The summed E-state index contributed by atoms with van der Waals surface area (Å²) >= 11 is 0. The fourth-order valence-corrected chi connectivity index (χ4v) is 5.28. The summed E-state index contributed by atoms with van der Waals surface area (Å²) in [5.74, 6) is 1.41. The first-order chi connectivity index (χ1) is 21.6. The van der Waals surface area contributed by atoms with Gasteiger partial charge in [-0.1, -0.05) is 46.6 Å². The predicted molar refractivity (Wildman–Crippen MR) is 182 cm³/mol. The van der Waals surface area contributed by atoms with E-state index in [0.29, 0.717) is 25.0 Å². The molecule has 4 rings (SSSR count). The summed E-state index contributed by atoms with van der Waals surface area (Å²) in [5.41, 5.74) is 7.78.